The van der Waals surface area contributed by atoms with Crippen molar-refractivity contribution < 1.29 is 0 Å². The van der Waals surface area contributed by atoms with Crippen molar-refractivity contribution in [2.75, 3.05) is 18.5 Å². The molecule has 0 aliphatic rings. The lowest BCUT2D eigenvalue weighted by Crippen LogP contribution is -2.25. The van der Waals surface area contributed by atoms with E-state index >= 15 is 0 Å². The predicted molar refractivity (Wildman–Crippen MR) is 60.1 cm³/mol. The Labute approximate surface area is 90.1 Å². The maximum Gasteiger partial charge on any atom is 0.132 e. The normalized spacial score (nSPS) is 12.6. The Balaban J connectivity index is 2.84. The highest BCUT2D eigenvalue weighted by molar-refractivity contribution is 6.20. The molecule has 0 saturated carbocycles. The molecule has 0 aliphatic carbocycles. The molecule has 1 rings (SSSR count). The van der Waals surface area contributed by atoms with Gasteiger partial charge in [0.1, 0.15) is 11.6 Å². The first-order valence-electron chi connectivity index (χ1n) is 4.66. The Bertz CT molecular complexity index is 292. The summed E-state index contributed by atoms with van der Waals surface area (Å²) >= 11 is 5.92. The van der Waals surface area contributed by atoms with Gasteiger partial charge < -0.3 is 4.90 Å². The van der Waals surface area contributed by atoms with Gasteiger partial charge in [0.05, 0.1) is 0 Å². The molecule has 1 unspecified atom stereocenters. The van der Waals surface area contributed by atoms with Gasteiger partial charge in [0, 0.05) is 30.7 Å². The number of aryl methyl sites for hydroxylation is 2. The van der Waals surface area contributed by atoms with Crippen LogP contribution in [0.1, 0.15) is 18.4 Å². The first kappa shape index (κ1) is 11.2. The Hall–Kier alpha value is -0.830. The zero-order valence-electron chi connectivity index (χ0n) is 9.08. The average molecular weight is 214 g/mol. The molecule has 78 valence electrons. The summed E-state index contributed by atoms with van der Waals surface area (Å²) in [7, 11) is 1.99. The average Bonchev–Trinajstić information content (AvgIpc) is 2.00. The summed E-state index contributed by atoms with van der Waals surface area (Å²) in [6.07, 6.45) is 0. The zero-order chi connectivity index (χ0) is 10.7. The number of aromatic nitrogens is 2. The molecule has 0 radical (unpaired) electrons. The van der Waals surface area contributed by atoms with Crippen molar-refractivity contribution >= 4 is 17.4 Å². The number of halogens is 1. The fourth-order valence-electron chi connectivity index (χ4n) is 1.36. The van der Waals surface area contributed by atoms with E-state index in [1.807, 2.05) is 38.8 Å². The second-order valence-electron chi connectivity index (χ2n) is 3.58. The van der Waals surface area contributed by atoms with Crippen LogP contribution >= 0.6 is 11.6 Å². The summed E-state index contributed by atoms with van der Waals surface area (Å²) in [5.74, 6) is 1.73. The van der Waals surface area contributed by atoms with Gasteiger partial charge in [0.2, 0.25) is 0 Å². The minimum absolute atomic E-state index is 0.121. The van der Waals surface area contributed by atoms with Crippen LogP contribution in [0.3, 0.4) is 0 Å². The van der Waals surface area contributed by atoms with Crippen molar-refractivity contribution in [1.29, 1.82) is 0 Å². The van der Waals surface area contributed by atoms with Gasteiger partial charge in [-0.2, -0.15) is 0 Å². The molecule has 3 nitrogen and oxygen atoms in total. The maximum atomic E-state index is 5.92. The number of hydrogen-bond acceptors (Lipinski definition) is 3. The summed E-state index contributed by atoms with van der Waals surface area (Å²) in [5, 5.41) is 0.121. The molecule has 1 atom stereocenters. The summed E-state index contributed by atoms with van der Waals surface area (Å²) < 4.78 is 0. The van der Waals surface area contributed by atoms with Crippen molar-refractivity contribution in [3.8, 4) is 0 Å². The third kappa shape index (κ3) is 3.14. The van der Waals surface area contributed by atoms with E-state index in [9.17, 15) is 0 Å². The van der Waals surface area contributed by atoms with Gasteiger partial charge >= 0.3 is 0 Å². The molecule has 4 heteroatoms. The van der Waals surface area contributed by atoms with Crippen LogP contribution < -0.4 is 4.90 Å². The molecule has 0 aliphatic heterocycles. The minimum Gasteiger partial charge on any atom is -0.358 e. The second-order valence-corrected chi connectivity index (χ2v) is 4.32. The Kier molecular flexibility index (Phi) is 3.69. The number of alkyl halides is 1. The van der Waals surface area contributed by atoms with Crippen molar-refractivity contribution in [3.05, 3.63) is 17.6 Å². The van der Waals surface area contributed by atoms with Crippen molar-refractivity contribution in [2.24, 2.45) is 0 Å². The molecule has 0 fully saturated rings. The van der Waals surface area contributed by atoms with E-state index in [1.54, 1.807) is 0 Å². The molecule has 0 aromatic carbocycles. The topological polar surface area (TPSA) is 29.0 Å². The third-order valence-corrected chi connectivity index (χ3v) is 2.01. The van der Waals surface area contributed by atoms with Crippen LogP contribution in [0.15, 0.2) is 6.07 Å². The van der Waals surface area contributed by atoms with Gasteiger partial charge in [-0.15, -0.1) is 11.6 Å². The van der Waals surface area contributed by atoms with E-state index in [4.69, 9.17) is 11.6 Å². The van der Waals surface area contributed by atoms with Crippen LogP contribution in [-0.2, 0) is 0 Å². The predicted octanol–water partition coefficient (Wildman–Crippen LogP) is 2.16. The first-order valence-corrected chi connectivity index (χ1v) is 5.10. The van der Waals surface area contributed by atoms with Gasteiger partial charge in [0.25, 0.3) is 0 Å². The fourth-order valence-corrected chi connectivity index (χ4v) is 1.57. The molecule has 0 spiro atoms. The first-order chi connectivity index (χ1) is 6.49. The van der Waals surface area contributed by atoms with Crippen LogP contribution in [0.4, 0.5) is 5.82 Å². The third-order valence-electron chi connectivity index (χ3n) is 1.87. The van der Waals surface area contributed by atoms with Crippen molar-refractivity contribution in [1.82, 2.24) is 9.97 Å². The minimum atomic E-state index is 0.121. The number of nitrogens with zero attached hydrogens (tertiary/aromatic N) is 3. The van der Waals surface area contributed by atoms with Crippen LogP contribution in [0.5, 0.6) is 0 Å². The van der Waals surface area contributed by atoms with Gasteiger partial charge in [0.15, 0.2) is 0 Å². The zero-order valence-corrected chi connectivity index (χ0v) is 9.84. The van der Waals surface area contributed by atoms with Crippen LogP contribution in [0.2, 0.25) is 0 Å². The smallest absolute Gasteiger partial charge is 0.132 e. The van der Waals surface area contributed by atoms with Crippen molar-refractivity contribution in [3.63, 3.8) is 0 Å². The van der Waals surface area contributed by atoms with E-state index in [2.05, 4.69) is 9.97 Å². The molecular formula is C10H16ClN3. The molecule has 0 saturated heterocycles. The van der Waals surface area contributed by atoms with Gasteiger partial charge in [-0.3, -0.25) is 0 Å². The van der Waals surface area contributed by atoms with Crippen LogP contribution in [0.25, 0.3) is 0 Å². The van der Waals surface area contributed by atoms with Gasteiger partial charge in [-0.1, -0.05) is 0 Å². The molecule has 0 N–H and O–H groups in total. The van der Waals surface area contributed by atoms with E-state index < -0.39 is 0 Å². The standard InChI is InChI=1S/C10H16ClN3/c1-7(11)6-14(4)10-5-8(2)12-9(3)13-10/h5,7H,6H2,1-4H3. The summed E-state index contributed by atoms with van der Waals surface area (Å²) in [4.78, 5) is 10.6. The highest BCUT2D eigenvalue weighted by Crippen LogP contribution is 2.11. The molecule has 1 aromatic rings. The molecule has 14 heavy (non-hydrogen) atoms. The van der Waals surface area contributed by atoms with Gasteiger partial charge in [-0.05, 0) is 20.8 Å². The maximum absolute atomic E-state index is 5.92. The van der Waals surface area contributed by atoms with E-state index in [0.717, 1.165) is 23.9 Å². The Morgan fingerprint density at radius 3 is 2.57 bits per heavy atom. The van der Waals surface area contributed by atoms with Gasteiger partial charge in [-0.25, -0.2) is 9.97 Å². The monoisotopic (exact) mass is 213 g/mol. The summed E-state index contributed by atoms with van der Waals surface area (Å²) in [5.41, 5.74) is 0.988. The van der Waals surface area contributed by atoms with E-state index in [0.29, 0.717) is 0 Å². The lowest BCUT2D eigenvalue weighted by molar-refractivity contribution is 0.831. The van der Waals surface area contributed by atoms with E-state index in [-0.39, 0.29) is 5.38 Å². The molecule has 1 heterocycles. The number of hydrogen-bond donors (Lipinski definition) is 0. The molecular weight excluding hydrogens is 198 g/mol. The summed E-state index contributed by atoms with van der Waals surface area (Å²) in [6.45, 7) is 6.63. The lowest BCUT2D eigenvalue weighted by Gasteiger charge is -2.19. The second kappa shape index (κ2) is 4.60. The lowest BCUT2D eigenvalue weighted by atomic mass is 10.3. The fraction of sp³-hybridized carbons (Fsp3) is 0.600. The van der Waals surface area contributed by atoms with Crippen LogP contribution in [-0.4, -0.2) is 28.9 Å². The molecule has 0 amide bonds. The SMILES string of the molecule is Cc1cc(N(C)CC(C)Cl)nc(C)n1. The Morgan fingerprint density at radius 1 is 1.43 bits per heavy atom. The van der Waals surface area contributed by atoms with Crippen molar-refractivity contribution in [2.45, 2.75) is 26.1 Å². The van der Waals surface area contributed by atoms with E-state index in [1.165, 1.54) is 0 Å². The highest BCUT2D eigenvalue weighted by Gasteiger charge is 2.07. The molecule has 0 bridgehead atoms. The number of rotatable bonds is 3. The quantitative estimate of drug-likeness (QED) is 0.721. The highest BCUT2D eigenvalue weighted by atomic mass is 35.5. The number of anilines is 1. The summed E-state index contributed by atoms with van der Waals surface area (Å²) in [6, 6.07) is 1.96. The Morgan fingerprint density at radius 2 is 2.07 bits per heavy atom. The largest absolute Gasteiger partial charge is 0.358 e. The molecule has 1 aromatic heterocycles. The van der Waals surface area contributed by atoms with Crippen LogP contribution in [0, 0.1) is 13.8 Å².